The Morgan fingerprint density at radius 3 is 1.88 bits per heavy atom. The quantitative estimate of drug-likeness (QED) is 0.583. The molecule has 5 rings (SSSR count). The van der Waals surface area contributed by atoms with Crippen molar-refractivity contribution >= 4 is 11.8 Å². The minimum Gasteiger partial charge on any atom is -0.355 e. The Labute approximate surface area is 203 Å². The normalized spacial score (nSPS) is 33.6. The van der Waals surface area contributed by atoms with Crippen molar-refractivity contribution in [1.29, 1.82) is 0 Å². The van der Waals surface area contributed by atoms with Gasteiger partial charge in [0.15, 0.2) is 0 Å². The number of hydrogen-bond acceptors (Lipinski definition) is 2. The minimum absolute atomic E-state index is 0.0190. The van der Waals surface area contributed by atoms with Crippen LogP contribution in [0.1, 0.15) is 75.8 Å². The molecule has 6 atom stereocenters. The van der Waals surface area contributed by atoms with Crippen molar-refractivity contribution < 1.29 is 9.59 Å². The number of carbonyl (C=O) groups is 2. The highest BCUT2D eigenvalue weighted by molar-refractivity contribution is 5.83. The Hall–Kier alpha value is -2.62. The first-order valence-electron chi connectivity index (χ1n) is 12.9. The largest absolute Gasteiger partial charge is 0.355 e. The molecule has 3 fully saturated rings. The molecular weight excluding hydrogens is 420 g/mol. The topological polar surface area (TPSA) is 58.2 Å². The molecule has 0 bridgehead atoms. The van der Waals surface area contributed by atoms with Crippen molar-refractivity contribution in [3.05, 3.63) is 71.8 Å². The van der Waals surface area contributed by atoms with Gasteiger partial charge in [-0.1, -0.05) is 81.4 Å². The fourth-order valence-electron chi connectivity index (χ4n) is 6.72. The zero-order chi connectivity index (χ0) is 23.9. The van der Waals surface area contributed by atoms with Gasteiger partial charge in [-0.05, 0) is 65.9 Å². The molecule has 4 heteroatoms. The Bertz CT molecular complexity index is 1030. The first kappa shape index (κ1) is 23.1. The van der Waals surface area contributed by atoms with Crippen LogP contribution in [0.4, 0.5) is 0 Å². The van der Waals surface area contributed by atoms with Crippen LogP contribution >= 0.6 is 0 Å². The van der Waals surface area contributed by atoms with Crippen molar-refractivity contribution in [3.8, 4) is 0 Å². The molecule has 0 heterocycles. The Morgan fingerprint density at radius 1 is 0.794 bits per heavy atom. The van der Waals surface area contributed by atoms with E-state index in [4.69, 9.17) is 0 Å². The number of amides is 2. The molecule has 4 nitrogen and oxygen atoms in total. The maximum absolute atomic E-state index is 13.0. The summed E-state index contributed by atoms with van der Waals surface area (Å²) in [5.74, 6) is 1.31. The monoisotopic (exact) mass is 458 g/mol. The number of rotatable bonds is 7. The van der Waals surface area contributed by atoms with Gasteiger partial charge in [-0.25, -0.2) is 0 Å². The summed E-state index contributed by atoms with van der Waals surface area (Å²) < 4.78 is 0. The summed E-state index contributed by atoms with van der Waals surface area (Å²) in [6, 6.07) is 20.9. The van der Waals surface area contributed by atoms with Crippen LogP contribution in [-0.4, -0.2) is 24.4 Å². The summed E-state index contributed by atoms with van der Waals surface area (Å²) in [6.45, 7) is 7.54. The average molecular weight is 459 g/mol. The van der Waals surface area contributed by atoms with Gasteiger partial charge in [-0.15, -0.1) is 0 Å². The first-order valence-corrected chi connectivity index (χ1v) is 12.9. The zero-order valence-corrected chi connectivity index (χ0v) is 20.7. The lowest BCUT2D eigenvalue weighted by atomic mass is 9.62. The highest BCUT2D eigenvalue weighted by Crippen LogP contribution is 2.50. The molecule has 2 aromatic carbocycles. The van der Waals surface area contributed by atoms with E-state index in [2.05, 4.69) is 67.8 Å². The van der Waals surface area contributed by atoms with Gasteiger partial charge in [0.2, 0.25) is 11.8 Å². The van der Waals surface area contributed by atoms with Crippen molar-refractivity contribution in [2.75, 3.05) is 6.54 Å². The van der Waals surface area contributed by atoms with E-state index in [-0.39, 0.29) is 40.5 Å². The van der Waals surface area contributed by atoms with Crippen LogP contribution in [0.15, 0.2) is 60.7 Å². The van der Waals surface area contributed by atoms with E-state index in [1.807, 2.05) is 24.3 Å². The van der Waals surface area contributed by atoms with Crippen molar-refractivity contribution in [1.82, 2.24) is 10.6 Å². The fraction of sp³-hybridized carbons (Fsp3) is 0.533. The molecule has 0 saturated heterocycles. The zero-order valence-electron chi connectivity index (χ0n) is 20.7. The molecule has 3 aliphatic carbocycles. The third-order valence-electron chi connectivity index (χ3n) is 8.19. The van der Waals surface area contributed by atoms with Gasteiger partial charge >= 0.3 is 0 Å². The van der Waals surface area contributed by atoms with Crippen LogP contribution in [-0.2, 0) is 9.59 Å². The average Bonchev–Trinajstić information content (AvgIpc) is 3.71. The van der Waals surface area contributed by atoms with Crippen molar-refractivity contribution in [2.24, 2.45) is 22.7 Å². The molecule has 6 unspecified atom stereocenters. The fourth-order valence-corrected chi connectivity index (χ4v) is 6.72. The van der Waals surface area contributed by atoms with Gasteiger partial charge < -0.3 is 10.6 Å². The molecule has 34 heavy (non-hydrogen) atoms. The highest BCUT2D eigenvalue weighted by atomic mass is 16.2. The second-order valence-electron chi connectivity index (χ2n) is 12.2. The lowest BCUT2D eigenvalue weighted by Gasteiger charge is -2.47. The van der Waals surface area contributed by atoms with E-state index < -0.39 is 0 Å². The molecule has 2 aromatic rings. The number of benzene rings is 2. The molecule has 2 amide bonds. The third kappa shape index (κ3) is 5.21. The lowest BCUT2D eigenvalue weighted by Crippen LogP contribution is -2.50. The van der Waals surface area contributed by atoms with Gasteiger partial charge in [0, 0.05) is 24.4 Å². The van der Waals surface area contributed by atoms with Crippen molar-refractivity contribution in [2.45, 2.75) is 70.8 Å². The highest BCUT2D eigenvalue weighted by Gasteiger charge is 2.48. The van der Waals surface area contributed by atoms with Gasteiger partial charge in [0.1, 0.15) is 0 Å². The van der Waals surface area contributed by atoms with Gasteiger partial charge in [-0.3, -0.25) is 9.59 Å². The van der Waals surface area contributed by atoms with Crippen LogP contribution in [0.5, 0.6) is 0 Å². The predicted molar refractivity (Wildman–Crippen MR) is 135 cm³/mol. The van der Waals surface area contributed by atoms with Crippen LogP contribution in [0.2, 0.25) is 0 Å². The Kier molecular flexibility index (Phi) is 6.03. The molecule has 0 spiro atoms. The molecule has 0 radical (unpaired) electrons. The Morgan fingerprint density at radius 2 is 1.32 bits per heavy atom. The van der Waals surface area contributed by atoms with E-state index in [0.29, 0.717) is 18.4 Å². The molecular formula is C30H38N2O2. The number of carbonyl (C=O) groups excluding carboxylic acids is 2. The second kappa shape index (κ2) is 8.87. The molecule has 3 aliphatic rings. The molecule has 180 valence electrons. The lowest BCUT2D eigenvalue weighted by molar-refractivity contribution is -0.125. The summed E-state index contributed by atoms with van der Waals surface area (Å²) in [6.07, 6.45) is 4.85. The summed E-state index contributed by atoms with van der Waals surface area (Å²) in [4.78, 5) is 25.9. The summed E-state index contributed by atoms with van der Waals surface area (Å²) in [5, 5.41) is 6.67. The van der Waals surface area contributed by atoms with Gasteiger partial charge in [0.25, 0.3) is 0 Å². The summed E-state index contributed by atoms with van der Waals surface area (Å²) >= 11 is 0. The maximum atomic E-state index is 13.0. The first-order chi connectivity index (χ1) is 16.2. The number of hydrogen-bond donors (Lipinski definition) is 2. The van der Waals surface area contributed by atoms with E-state index >= 15 is 0 Å². The van der Waals surface area contributed by atoms with E-state index in [9.17, 15) is 9.59 Å². The predicted octanol–water partition coefficient (Wildman–Crippen LogP) is 5.41. The standard InChI is InChI=1S/C30H38N2O2/c1-29(2)16-22(32-28(34)26-15-24(26)21-12-8-5-9-13-21)17-30(3,18-29)19-31-27(33)25-14-23(25)20-10-6-4-7-11-20/h4-13,22-26H,14-19H2,1-3H3,(H,31,33)(H,32,34). The van der Waals surface area contributed by atoms with Crippen LogP contribution in [0.25, 0.3) is 0 Å². The number of nitrogens with one attached hydrogen (secondary N) is 2. The van der Waals surface area contributed by atoms with Crippen LogP contribution < -0.4 is 10.6 Å². The van der Waals surface area contributed by atoms with Gasteiger partial charge in [0.05, 0.1) is 0 Å². The summed E-state index contributed by atoms with van der Waals surface area (Å²) in [7, 11) is 0. The van der Waals surface area contributed by atoms with E-state index in [0.717, 1.165) is 32.1 Å². The van der Waals surface area contributed by atoms with Crippen LogP contribution in [0.3, 0.4) is 0 Å². The van der Waals surface area contributed by atoms with Gasteiger partial charge in [-0.2, -0.15) is 0 Å². The Balaban J connectivity index is 1.15. The smallest absolute Gasteiger partial charge is 0.223 e. The van der Waals surface area contributed by atoms with E-state index in [1.165, 1.54) is 11.1 Å². The second-order valence-corrected chi connectivity index (χ2v) is 12.2. The van der Waals surface area contributed by atoms with Crippen molar-refractivity contribution in [3.63, 3.8) is 0 Å². The minimum atomic E-state index is -0.0190. The molecule has 0 aliphatic heterocycles. The maximum Gasteiger partial charge on any atom is 0.223 e. The third-order valence-corrected chi connectivity index (χ3v) is 8.19. The van der Waals surface area contributed by atoms with E-state index in [1.54, 1.807) is 0 Å². The molecule has 0 aromatic heterocycles. The SMILES string of the molecule is CC1(C)CC(NC(=O)C2CC2c2ccccc2)CC(C)(CNC(=O)C2CC2c2ccccc2)C1. The summed E-state index contributed by atoms with van der Waals surface area (Å²) in [5.41, 5.74) is 2.65. The van der Waals surface area contributed by atoms with Crippen LogP contribution in [0, 0.1) is 22.7 Å². The molecule has 2 N–H and O–H groups in total. The molecule has 3 saturated carbocycles.